The zero-order valence-electron chi connectivity index (χ0n) is 15.5. The first kappa shape index (κ1) is 20.1. The van der Waals surface area contributed by atoms with E-state index in [9.17, 15) is 13.2 Å². The fourth-order valence-corrected chi connectivity index (χ4v) is 4.63. The smallest absolute Gasteiger partial charge is 0.240 e. The maximum Gasteiger partial charge on any atom is 0.240 e. The van der Waals surface area contributed by atoms with Crippen LogP contribution in [0.25, 0.3) is 11.3 Å². The fourth-order valence-electron chi connectivity index (χ4n) is 2.53. The summed E-state index contributed by atoms with van der Waals surface area (Å²) in [6, 6.07) is 8.94. The van der Waals surface area contributed by atoms with Crippen molar-refractivity contribution < 1.29 is 13.2 Å². The number of carbonyl (C=O) groups is 1. The lowest BCUT2D eigenvalue weighted by atomic mass is 10.2. The molecule has 3 rings (SSSR count). The Morgan fingerprint density at radius 3 is 2.79 bits per heavy atom. The number of aromatic nitrogens is 2. The molecule has 0 bridgehead atoms. The second-order valence-corrected chi connectivity index (χ2v) is 8.84. The molecular weight excluding hydrogens is 396 g/mol. The van der Waals surface area contributed by atoms with Crippen LogP contribution in [0.3, 0.4) is 0 Å². The van der Waals surface area contributed by atoms with Crippen molar-refractivity contribution >= 4 is 32.4 Å². The van der Waals surface area contributed by atoms with E-state index in [1.54, 1.807) is 31.5 Å². The van der Waals surface area contributed by atoms with Crippen LogP contribution in [0.5, 0.6) is 0 Å². The fraction of sp³-hybridized carbons (Fsp3) is 0.211. The van der Waals surface area contributed by atoms with Crippen LogP contribution in [0.2, 0.25) is 0 Å². The van der Waals surface area contributed by atoms with Crippen molar-refractivity contribution in [1.29, 1.82) is 0 Å². The second kappa shape index (κ2) is 8.59. The van der Waals surface area contributed by atoms with Crippen LogP contribution in [0.1, 0.15) is 17.5 Å². The number of thiazole rings is 1. The van der Waals surface area contributed by atoms with E-state index in [2.05, 4.69) is 20.0 Å². The number of amides is 1. The van der Waals surface area contributed by atoms with Gasteiger partial charge < -0.3 is 5.32 Å². The molecule has 0 saturated heterocycles. The number of hydrogen-bond donors (Lipinski definition) is 2. The van der Waals surface area contributed by atoms with Gasteiger partial charge >= 0.3 is 0 Å². The molecule has 0 aliphatic heterocycles. The highest BCUT2D eigenvalue weighted by Crippen LogP contribution is 2.24. The summed E-state index contributed by atoms with van der Waals surface area (Å²) in [6.07, 6.45) is 3.38. The van der Waals surface area contributed by atoms with Crippen molar-refractivity contribution in [2.45, 2.75) is 25.2 Å². The van der Waals surface area contributed by atoms with Crippen LogP contribution in [0.15, 0.2) is 53.0 Å². The molecule has 1 aromatic carbocycles. The zero-order valence-corrected chi connectivity index (χ0v) is 17.1. The molecule has 0 unspecified atom stereocenters. The van der Waals surface area contributed by atoms with Gasteiger partial charge in [-0.25, -0.2) is 18.1 Å². The molecule has 0 radical (unpaired) electrons. The minimum atomic E-state index is -3.66. The normalized spacial score (nSPS) is 11.4. The Morgan fingerprint density at radius 2 is 2.04 bits per heavy atom. The maximum atomic E-state index is 12.4. The van der Waals surface area contributed by atoms with E-state index in [-0.39, 0.29) is 23.8 Å². The molecule has 0 saturated carbocycles. The van der Waals surface area contributed by atoms with Gasteiger partial charge in [0.05, 0.1) is 10.6 Å². The minimum Gasteiger partial charge on any atom is -0.302 e. The molecule has 2 N–H and O–H groups in total. The standard InChI is InChI=1S/C19H20N4O3S2/c1-13-5-6-14(2)17(10-13)28(25,26)21-9-7-18(24)23-19-22-16(12-27-19)15-4-3-8-20-11-15/h3-6,8,10-12,21H,7,9H2,1-2H3,(H,22,23,24). The first-order valence-electron chi connectivity index (χ1n) is 8.58. The van der Waals surface area contributed by atoms with Gasteiger partial charge in [0.2, 0.25) is 15.9 Å². The Kier molecular flexibility index (Phi) is 6.18. The lowest BCUT2D eigenvalue weighted by Gasteiger charge is -2.10. The Balaban J connectivity index is 1.55. The molecule has 0 atom stereocenters. The summed E-state index contributed by atoms with van der Waals surface area (Å²) >= 11 is 1.30. The maximum absolute atomic E-state index is 12.4. The quantitative estimate of drug-likeness (QED) is 0.616. The van der Waals surface area contributed by atoms with E-state index in [0.29, 0.717) is 10.7 Å². The molecule has 1 amide bonds. The van der Waals surface area contributed by atoms with E-state index in [0.717, 1.165) is 16.8 Å². The third-order valence-electron chi connectivity index (χ3n) is 3.99. The number of benzene rings is 1. The number of nitrogens with one attached hydrogen (secondary N) is 2. The molecule has 2 aromatic heterocycles. The molecule has 0 aliphatic carbocycles. The van der Waals surface area contributed by atoms with E-state index in [1.807, 2.05) is 30.5 Å². The summed E-state index contributed by atoms with van der Waals surface area (Å²) in [5, 5.41) is 4.98. The largest absolute Gasteiger partial charge is 0.302 e. The summed E-state index contributed by atoms with van der Waals surface area (Å²) in [5.41, 5.74) is 3.11. The summed E-state index contributed by atoms with van der Waals surface area (Å²) in [6.45, 7) is 3.57. The molecule has 3 aromatic rings. The molecule has 7 nitrogen and oxygen atoms in total. The predicted octanol–water partition coefficient (Wildman–Crippen LogP) is 3.13. The van der Waals surface area contributed by atoms with Gasteiger partial charge in [-0.05, 0) is 43.2 Å². The van der Waals surface area contributed by atoms with Crippen molar-refractivity contribution in [3.05, 3.63) is 59.2 Å². The molecule has 2 heterocycles. The van der Waals surface area contributed by atoms with Gasteiger partial charge in [-0.1, -0.05) is 12.1 Å². The van der Waals surface area contributed by atoms with Crippen LogP contribution < -0.4 is 10.0 Å². The average Bonchev–Trinajstić information content (AvgIpc) is 3.12. The second-order valence-electron chi connectivity index (χ2n) is 6.24. The van der Waals surface area contributed by atoms with Gasteiger partial charge in [0.1, 0.15) is 0 Å². The van der Waals surface area contributed by atoms with E-state index < -0.39 is 10.0 Å². The van der Waals surface area contributed by atoms with E-state index >= 15 is 0 Å². The first-order chi connectivity index (χ1) is 13.3. The lowest BCUT2D eigenvalue weighted by molar-refractivity contribution is -0.116. The summed E-state index contributed by atoms with van der Waals surface area (Å²) < 4.78 is 27.4. The van der Waals surface area contributed by atoms with Gasteiger partial charge in [0.15, 0.2) is 5.13 Å². The van der Waals surface area contributed by atoms with Crippen LogP contribution in [-0.4, -0.2) is 30.8 Å². The Morgan fingerprint density at radius 1 is 1.21 bits per heavy atom. The number of aryl methyl sites for hydroxylation is 2. The van der Waals surface area contributed by atoms with Gasteiger partial charge in [0, 0.05) is 36.3 Å². The van der Waals surface area contributed by atoms with Gasteiger partial charge in [-0.2, -0.15) is 0 Å². The molecule has 146 valence electrons. The molecule has 9 heteroatoms. The lowest BCUT2D eigenvalue weighted by Crippen LogP contribution is -2.28. The average molecular weight is 417 g/mol. The van der Waals surface area contributed by atoms with Crippen LogP contribution in [-0.2, 0) is 14.8 Å². The van der Waals surface area contributed by atoms with Crippen molar-refractivity contribution in [2.24, 2.45) is 0 Å². The van der Waals surface area contributed by atoms with Gasteiger partial charge in [-0.3, -0.25) is 9.78 Å². The Bertz CT molecular complexity index is 1080. The highest BCUT2D eigenvalue weighted by Gasteiger charge is 2.17. The van der Waals surface area contributed by atoms with Crippen molar-refractivity contribution in [2.75, 3.05) is 11.9 Å². The molecule has 0 fully saturated rings. The Hall–Kier alpha value is -2.62. The summed E-state index contributed by atoms with van der Waals surface area (Å²) in [7, 11) is -3.66. The molecule has 28 heavy (non-hydrogen) atoms. The number of pyridine rings is 1. The monoisotopic (exact) mass is 416 g/mol. The van der Waals surface area contributed by atoms with Crippen molar-refractivity contribution in [3.63, 3.8) is 0 Å². The van der Waals surface area contributed by atoms with Crippen LogP contribution in [0.4, 0.5) is 5.13 Å². The number of rotatable bonds is 7. The van der Waals surface area contributed by atoms with Crippen LogP contribution in [0, 0.1) is 13.8 Å². The first-order valence-corrected chi connectivity index (χ1v) is 10.9. The minimum absolute atomic E-state index is 0.00237. The zero-order chi connectivity index (χ0) is 20.1. The topological polar surface area (TPSA) is 101 Å². The third kappa shape index (κ3) is 5.00. The van der Waals surface area contributed by atoms with Gasteiger partial charge in [-0.15, -0.1) is 11.3 Å². The number of hydrogen-bond acceptors (Lipinski definition) is 6. The highest BCUT2D eigenvalue weighted by atomic mass is 32.2. The summed E-state index contributed by atoms with van der Waals surface area (Å²) in [4.78, 5) is 20.7. The molecule has 0 spiro atoms. The van der Waals surface area contributed by atoms with Crippen molar-refractivity contribution in [3.8, 4) is 11.3 Å². The highest BCUT2D eigenvalue weighted by molar-refractivity contribution is 7.89. The molecule has 0 aliphatic rings. The predicted molar refractivity (Wildman–Crippen MR) is 110 cm³/mol. The van der Waals surface area contributed by atoms with E-state index in [1.165, 1.54) is 11.3 Å². The third-order valence-corrected chi connectivity index (χ3v) is 6.35. The van der Waals surface area contributed by atoms with Crippen molar-refractivity contribution in [1.82, 2.24) is 14.7 Å². The summed E-state index contributed by atoms with van der Waals surface area (Å²) in [5.74, 6) is -0.309. The Labute approximate surface area is 167 Å². The SMILES string of the molecule is Cc1ccc(C)c(S(=O)(=O)NCCC(=O)Nc2nc(-c3cccnc3)cs2)c1. The molecular formula is C19H20N4O3S2. The van der Waals surface area contributed by atoms with E-state index in [4.69, 9.17) is 0 Å². The van der Waals surface area contributed by atoms with Crippen LogP contribution >= 0.6 is 11.3 Å². The number of carbonyl (C=O) groups excluding carboxylic acids is 1. The number of sulfonamides is 1. The number of nitrogens with zero attached hydrogens (tertiary/aromatic N) is 2. The number of anilines is 1. The van der Waals surface area contributed by atoms with Gasteiger partial charge in [0.25, 0.3) is 0 Å².